The first-order valence-electron chi connectivity index (χ1n) is 7.60. The summed E-state index contributed by atoms with van der Waals surface area (Å²) in [7, 11) is 0. The Kier molecular flexibility index (Phi) is 5.69. The van der Waals surface area contributed by atoms with Crippen LogP contribution in [0.2, 0.25) is 0 Å². The van der Waals surface area contributed by atoms with E-state index in [0.717, 1.165) is 23.3 Å². The van der Waals surface area contributed by atoms with Crippen LogP contribution in [0.25, 0.3) is 0 Å². The largest absolute Gasteiger partial charge is 0.484 e. The molecule has 7 heteroatoms. The molecular formula is C18H19F3N2O2. The Morgan fingerprint density at radius 1 is 1.12 bits per heavy atom. The summed E-state index contributed by atoms with van der Waals surface area (Å²) in [5.74, 6) is -0.0366. The summed E-state index contributed by atoms with van der Waals surface area (Å²) in [6.07, 6.45) is -4.51. The third kappa shape index (κ3) is 5.22. The third-order valence-corrected chi connectivity index (χ3v) is 3.69. The standard InChI is InChI=1S/C18H19F3N2O2/c1-11-3-4-16(5-12(11)2)25-10-17(24)23-15-7-13(9-22)6-14(8-15)18(19,20)21/h3-8H,9-10,22H2,1-2H3,(H,23,24). The van der Waals surface area contributed by atoms with Crippen molar-refractivity contribution in [3.63, 3.8) is 0 Å². The van der Waals surface area contributed by atoms with Crippen molar-refractivity contribution in [3.05, 3.63) is 58.7 Å². The highest BCUT2D eigenvalue weighted by atomic mass is 19.4. The van der Waals surface area contributed by atoms with Gasteiger partial charge in [0.25, 0.3) is 5.91 Å². The molecule has 0 radical (unpaired) electrons. The second-order valence-corrected chi connectivity index (χ2v) is 5.70. The fraction of sp³-hybridized carbons (Fsp3) is 0.278. The van der Waals surface area contributed by atoms with Crippen molar-refractivity contribution in [2.45, 2.75) is 26.6 Å². The second kappa shape index (κ2) is 7.57. The molecule has 2 aromatic carbocycles. The average Bonchev–Trinajstić information content (AvgIpc) is 2.54. The SMILES string of the molecule is Cc1ccc(OCC(=O)Nc2cc(CN)cc(C(F)(F)F)c2)cc1C. The van der Waals surface area contributed by atoms with Crippen molar-refractivity contribution < 1.29 is 22.7 Å². The van der Waals surface area contributed by atoms with E-state index in [1.54, 1.807) is 12.1 Å². The van der Waals surface area contributed by atoms with Crippen LogP contribution in [0.1, 0.15) is 22.3 Å². The minimum absolute atomic E-state index is 0.0314. The van der Waals surface area contributed by atoms with Crippen molar-refractivity contribution in [1.82, 2.24) is 0 Å². The first kappa shape index (κ1) is 18.8. The molecule has 2 rings (SSSR count). The molecule has 2 aromatic rings. The van der Waals surface area contributed by atoms with Crippen LogP contribution in [-0.2, 0) is 17.5 Å². The summed E-state index contributed by atoms with van der Waals surface area (Å²) in [4.78, 5) is 11.9. The van der Waals surface area contributed by atoms with Crippen LogP contribution in [0.15, 0.2) is 36.4 Å². The van der Waals surface area contributed by atoms with Gasteiger partial charge < -0.3 is 15.8 Å². The molecule has 0 bridgehead atoms. The number of halogens is 3. The highest BCUT2D eigenvalue weighted by Gasteiger charge is 2.31. The number of hydrogen-bond donors (Lipinski definition) is 2. The van der Waals surface area contributed by atoms with Gasteiger partial charge in [-0.25, -0.2) is 0 Å². The number of benzene rings is 2. The van der Waals surface area contributed by atoms with Gasteiger partial charge in [-0.1, -0.05) is 6.07 Å². The van der Waals surface area contributed by atoms with Crippen molar-refractivity contribution in [3.8, 4) is 5.75 Å². The van der Waals surface area contributed by atoms with Gasteiger partial charge in [0.15, 0.2) is 6.61 Å². The summed E-state index contributed by atoms with van der Waals surface area (Å²) in [6, 6.07) is 8.62. The van der Waals surface area contributed by atoms with E-state index in [2.05, 4.69) is 5.32 Å². The first-order chi connectivity index (χ1) is 11.7. The number of anilines is 1. The van der Waals surface area contributed by atoms with E-state index in [-0.39, 0.29) is 24.4 Å². The van der Waals surface area contributed by atoms with Crippen LogP contribution in [0.4, 0.5) is 18.9 Å². The van der Waals surface area contributed by atoms with Crippen molar-refractivity contribution >= 4 is 11.6 Å². The number of carbonyl (C=O) groups is 1. The molecule has 134 valence electrons. The van der Waals surface area contributed by atoms with E-state index in [9.17, 15) is 18.0 Å². The van der Waals surface area contributed by atoms with Crippen molar-refractivity contribution in [1.29, 1.82) is 0 Å². The molecule has 1 amide bonds. The fourth-order valence-electron chi connectivity index (χ4n) is 2.20. The predicted octanol–water partition coefficient (Wildman–Crippen LogP) is 3.80. The lowest BCUT2D eigenvalue weighted by atomic mass is 10.1. The lowest BCUT2D eigenvalue weighted by Crippen LogP contribution is -2.21. The van der Waals surface area contributed by atoms with Gasteiger partial charge in [0.05, 0.1) is 5.56 Å². The normalized spacial score (nSPS) is 11.3. The molecule has 0 unspecified atom stereocenters. The molecule has 4 nitrogen and oxygen atoms in total. The Hall–Kier alpha value is -2.54. The Morgan fingerprint density at radius 2 is 1.84 bits per heavy atom. The van der Waals surface area contributed by atoms with E-state index < -0.39 is 17.6 Å². The maximum atomic E-state index is 12.9. The van der Waals surface area contributed by atoms with Crippen molar-refractivity contribution in [2.24, 2.45) is 5.73 Å². The Balaban J connectivity index is 2.05. The summed E-state index contributed by atoms with van der Waals surface area (Å²) in [6.45, 7) is 3.50. The Labute approximate surface area is 143 Å². The predicted molar refractivity (Wildman–Crippen MR) is 89.4 cm³/mol. The molecule has 0 spiro atoms. The summed E-state index contributed by atoms with van der Waals surface area (Å²) in [5, 5.41) is 2.41. The number of carbonyl (C=O) groups excluding carboxylic acids is 1. The number of amides is 1. The number of nitrogens with one attached hydrogen (secondary N) is 1. The van der Waals surface area contributed by atoms with Gasteiger partial charge >= 0.3 is 6.18 Å². The summed E-state index contributed by atoms with van der Waals surface area (Å²) in [5.41, 5.74) is 6.98. The molecule has 0 heterocycles. The average molecular weight is 352 g/mol. The molecule has 0 fully saturated rings. The molecule has 25 heavy (non-hydrogen) atoms. The summed E-state index contributed by atoms with van der Waals surface area (Å²) >= 11 is 0. The van der Waals surface area contributed by atoms with E-state index in [1.807, 2.05) is 19.9 Å². The number of alkyl halides is 3. The first-order valence-corrected chi connectivity index (χ1v) is 7.60. The van der Waals surface area contributed by atoms with Crippen LogP contribution >= 0.6 is 0 Å². The lowest BCUT2D eigenvalue weighted by molar-refractivity contribution is -0.137. The number of aryl methyl sites for hydroxylation is 2. The van der Waals surface area contributed by atoms with Gasteiger partial charge in [-0.2, -0.15) is 13.2 Å². The number of nitrogens with two attached hydrogens (primary N) is 1. The highest BCUT2D eigenvalue weighted by molar-refractivity contribution is 5.92. The Morgan fingerprint density at radius 3 is 2.44 bits per heavy atom. The molecule has 0 aliphatic heterocycles. The molecular weight excluding hydrogens is 333 g/mol. The quantitative estimate of drug-likeness (QED) is 0.860. The Bertz CT molecular complexity index is 773. The molecule has 0 aliphatic rings. The third-order valence-electron chi connectivity index (χ3n) is 3.69. The van der Waals surface area contributed by atoms with Crippen LogP contribution in [0.5, 0.6) is 5.75 Å². The van der Waals surface area contributed by atoms with Gasteiger partial charge in [0, 0.05) is 12.2 Å². The highest BCUT2D eigenvalue weighted by Crippen LogP contribution is 2.32. The maximum absolute atomic E-state index is 12.9. The van der Waals surface area contributed by atoms with Gasteiger partial charge in [0.1, 0.15) is 5.75 Å². The number of rotatable bonds is 5. The topological polar surface area (TPSA) is 64.3 Å². The van der Waals surface area contributed by atoms with Gasteiger partial charge in [-0.05, 0) is 60.9 Å². The van der Waals surface area contributed by atoms with Crippen LogP contribution in [-0.4, -0.2) is 12.5 Å². The van der Waals surface area contributed by atoms with Gasteiger partial charge in [0.2, 0.25) is 0 Å². The van der Waals surface area contributed by atoms with E-state index in [0.29, 0.717) is 5.75 Å². The fourth-order valence-corrected chi connectivity index (χ4v) is 2.20. The van der Waals surface area contributed by atoms with Crippen LogP contribution < -0.4 is 15.8 Å². The zero-order chi connectivity index (χ0) is 18.6. The molecule has 3 N–H and O–H groups in total. The zero-order valence-corrected chi connectivity index (χ0v) is 13.9. The number of ether oxygens (including phenoxy) is 1. The maximum Gasteiger partial charge on any atom is 0.416 e. The minimum atomic E-state index is -4.51. The lowest BCUT2D eigenvalue weighted by Gasteiger charge is -2.13. The van der Waals surface area contributed by atoms with Gasteiger partial charge in [-0.3, -0.25) is 4.79 Å². The second-order valence-electron chi connectivity index (χ2n) is 5.70. The molecule has 0 saturated carbocycles. The monoisotopic (exact) mass is 352 g/mol. The number of hydrogen-bond acceptors (Lipinski definition) is 3. The molecule has 0 aromatic heterocycles. The van der Waals surface area contributed by atoms with E-state index in [4.69, 9.17) is 10.5 Å². The molecule has 0 saturated heterocycles. The minimum Gasteiger partial charge on any atom is -0.484 e. The van der Waals surface area contributed by atoms with E-state index >= 15 is 0 Å². The van der Waals surface area contributed by atoms with Crippen LogP contribution in [0, 0.1) is 13.8 Å². The molecule has 0 aliphatic carbocycles. The van der Waals surface area contributed by atoms with Crippen LogP contribution in [0.3, 0.4) is 0 Å². The van der Waals surface area contributed by atoms with Crippen molar-refractivity contribution in [2.75, 3.05) is 11.9 Å². The van der Waals surface area contributed by atoms with Gasteiger partial charge in [-0.15, -0.1) is 0 Å². The molecule has 0 atom stereocenters. The smallest absolute Gasteiger partial charge is 0.416 e. The zero-order valence-electron chi connectivity index (χ0n) is 13.9. The van der Waals surface area contributed by atoms with E-state index in [1.165, 1.54) is 6.07 Å². The summed E-state index contributed by atoms with van der Waals surface area (Å²) < 4.78 is 44.0.